The number of aliphatic hydroxyl groups excluding tert-OH is 1. The molecule has 1 heterocycles. The fourth-order valence-electron chi connectivity index (χ4n) is 3.12. The van der Waals surface area contributed by atoms with Gasteiger partial charge < -0.3 is 5.11 Å². The van der Waals surface area contributed by atoms with Crippen LogP contribution >= 0.6 is 0 Å². The molecule has 0 amide bonds. The highest BCUT2D eigenvalue weighted by molar-refractivity contribution is 5.34. The lowest BCUT2D eigenvalue weighted by atomic mass is 9.78. The first-order valence-corrected chi connectivity index (χ1v) is 7.69. The maximum atomic E-state index is 10.2. The molecule has 3 nitrogen and oxygen atoms in total. The van der Waals surface area contributed by atoms with Gasteiger partial charge in [-0.2, -0.15) is 5.06 Å². The van der Waals surface area contributed by atoms with Crippen molar-refractivity contribution < 1.29 is 9.94 Å². The summed E-state index contributed by atoms with van der Waals surface area (Å²) in [5.74, 6) is 0. The van der Waals surface area contributed by atoms with E-state index in [1.165, 1.54) is 0 Å². The maximum Gasteiger partial charge on any atom is 0.160 e. The van der Waals surface area contributed by atoms with E-state index in [0.717, 1.165) is 11.1 Å². The second kappa shape index (κ2) is 5.51. The van der Waals surface area contributed by atoms with Crippen molar-refractivity contribution in [3.8, 4) is 0 Å². The molecule has 2 aromatic carbocycles. The highest BCUT2D eigenvalue weighted by atomic mass is 16.7. The number of aliphatic hydroxyl groups is 1. The predicted octanol–water partition coefficient (Wildman–Crippen LogP) is 3.66. The minimum absolute atomic E-state index is 0.0129. The zero-order chi connectivity index (χ0) is 15.8. The molecule has 2 atom stereocenters. The van der Waals surface area contributed by atoms with Crippen molar-refractivity contribution in [2.24, 2.45) is 0 Å². The molecule has 1 N–H and O–H groups in total. The number of nitrogens with zero attached hydrogens (tertiary/aromatic N) is 1. The van der Waals surface area contributed by atoms with E-state index in [2.05, 4.69) is 32.9 Å². The third-order valence-electron chi connectivity index (χ3n) is 4.21. The zero-order valence-electron chi connectivity index (χ0n) is 13.4. The highest BCUT2D eigenvalue weighted by Crippen LogP contribution is 2.54. The van der Waals surface area contributed by atoms with Crippen LogP contribution in [0.3, 0.4) is 0 Å². The Hall–Kier alpha value is -1.68. The summed E-state index contributed by atoms with van der Waals surface area (Å²) in [5, 5.41) is 12.1. The van der Waals surface area contributed by atoms with Gasteiger partial charge in [0, 0.05) is 5.54 Å². The van der Waals surface area contributed by atoms with Gasteiger partial charge in [0.1, 0.15) is 0 Å². The van der Waals surface area contributed by atoms with Crippen molar-refractivity contribution in [2.45, 2.75) is 38.0 Å². The summed E-state index contributed by atoms with van der Waals surface area (Å²) in [6.45, 7) is 6.31. The summed E-state index contributed by atoms with van der Waals surface area (Å²) in [5.41, 5.74) is 1.30. The Labute approximate surface area is 132 Å². The van der Waals surface area contributed by atoms with Gasteiger partial charge in [-0.25, -0.2) is 0 Å². The lowest BCUT2D eigenvalue weighted by molar-refractivity contribution is -0.440. The third kappa shape index (κ3) is 2.35. The van der Waals surface area contributed by atoms with Gasteiger partial charge in [-0.3, -0.25) is 4.84 Å². The molecule has 0 radical (unpaired) electrons. The molecule has 0 aromatic heterocycles. The Morgan fingerprint density at radius 2 is 1.55 bits per heavy atom. The Morgan fingerprint density at radius 3 is 2.05 bits per heavy atom. The van der Waals surface area contributed by atoms with Crippen LogP contribution in [0.15, 0.2) is 60.7 Å². The van der Waals surface area contributed by atoms with Crippen molar-refractivity contribution in [1.29, 1.82) is 0 Å². The van der Waals surface area contributed by atoms with E-state index in [9.17, 15) is 5.11 Å². The molecule has 0 unspecified atom stereocenters. The number of hydrogen-bond acceptors (Lipinski definition) is 3. The summed E-state index contributed by atoms with van der Waals surface area (Å²) < 4.78 is 0. The van der Waals surface area contributed by atoms with E-state index < -0.39 is 5.60 Å². The largest absolute Gasteiger partial charge is 0.393 e. The Bertz CT molecular complexity index is 621. The minimum Gasteiger partial charge on any atom is -0.393 e. The van der Waals surface area contributed by atoms with E-state index in [0.29, 0.717) is 0 Å². The van der Waals surface area contributed by atoms with Gasteiger partial charge in [-0.1, -0.05) is 60.7 Å². The molecule has 0 saturated carbocycles. The van der Waals surface area contributed by atoms with Crippen molar-refractivity contribution in [1.82, 2.24) is 5.06 Å². The van der Waals surface area contributed by atoms with Crippen LogP contribution in [0.1, 0.15) is 37.9 Å². The van der Waals surface area contributed by atoms with Gasteiger partial charge in [0.15, 0.2) is 5.60 Å². The molecule has 22 heavy (non-hydrogen) atoms. The monoisotopic (exact) mass is 297 g/mol. The first-order valence-electron chi connectivity index (χ1n) is 7.69. The maximum absolute atomic E-state index is 10.2. The van der Waals surface area contributed by atoms with Gasteiger partial charge in [0.05, 0.1) is 12.6 Å². The molecule has 3 rings (SSSR count). The van der Waals surface area contributed by atoms with Gasteiger partial charge in [0.25, 0.3) is 0 Å². The predicted molar refractivity (Wildman–Crippen MR) is 87.1 cm³/mol. The topological polar surface area (TPSA) is 32.7 Å². The summed E-state index contributed by atoms with van der Waals surface area (Å²) in [6, 6.07) is 20.2. The molecule has 0 aliphatic carbocycles. The van der Waals surface area contributed by atoms with E-state index in [1.54, 1.807) is 0 Å². The average molecular weight is 297 g/mol. The first-order chi connectivity index (χ1) is 10.5. The Balaban J connectivity index is 2.08. The second-order valence-electron chi connectivity index (χ2n) is 6.81. The summed E-state index contributed by atoms with van der Waals surface area (Å²) in [6.07, 6.45) is 0. The number of rotatable bonds is 3. The molecule has 0 spiro atoms. The average Bonchev–Trinajstić information content (AvgIpc) is 2.48. The Morgan fingerprint density at radius 1 is 1.00 bits per heavy atom. The smallest absolute Gasteiger partial charge is 0.160 e. The zero-order valence-corrected chi connectivity index (χ0v) is 13.4. The molecular weight excluding hydrogens is 274 g/mol. The molecule has 1 aliphatic heterocycles. The van der Waals surface area contributed by atoms with Gasteiger partial charge >= 0.3 is 0 Å². The Kier molecular flexibility index (Phi) is 3.81. The van der Waals surface area contributed by atoms with Crippen molar-refractivity contribution in [3.05, 3.63) is 71.8 Å². The molecule has 0 bridgehead atoms. The van der Waals surface area contributed by atoms with E-state index in [-0.39, 0.29) is 18.2 Å². The quantitative estimate of drug-likeness (QED) is 0.938. The fourth-order valence-corrected chi connectivity index (χ4v) is 3.12. The summed E-state index contributed by atoms with van der Waals surface area (Å²) >= 11 is 0. The molecule has 3 heteroatoms. The van der Waals surface area contributed by atoms with Crippen LogP contribution in [0.25, 0.3) is 0 Å². The lowest BCUT2D eigenvalue weighted by Crippen LogP contribution is -2.66. The SMILES string of the molecule is CC(C)(C)N1O[C@](CO)(c2ccccc2)[C@@H]1c1ccccc1. The second-order valence-corrected chi connectivity index (χ2v) is 6.81. The number of hydroxylamine groups is 2. The first kappa shape index (κ1) is 15.2. The van der Waals surface area contributed by atoms with E-state index in [4.69, 9.17) is 4.84 Å². The molecule has 1 fully saturated rings. The van der Waals surface area contributed by atoms with Crippen LogP contribution in [0.2, 0.25) is 0 Å². The standard InChI is InChI=1S/C19H23NO2/c1-18(2,3)20-17(15-10-6-4-7-11-15)19(14-21,22-20)16-12-8-5-9-13-16/h4-13,17,21H,14H2,1-3H3/t17-,19+/m0/s1. The highest BCUT2D eigenvalue weighted by Gasteiger charge is 2.59. The van der Waals surface area contributed by atoms with Crippen molar-refractivity contribution in [2.75, 3.05) is 6.61 Å². The van der Waals surface area contributed by atoms with E-state index in [1.807, 2.05) is 53.6 Å². The van der Waals surface area contributed by atoms with Gasteiger partial charge in [-0.05, 0) is 31.9 Å². The van der Waals surface area contributed by atoms with Crippen molar-refractivity contribution >= 4 is 0 Å². The lowest BCUT2D eigenvalue weighted by Gasteiger charge is -2.60. The van der Waals surface area contributed by atoms with Gasteiger partial charge in [0.2, 0.25) is 0 Å². The van der Waals surface area contributed by atoms with Crippen LogP contribution in [0.4, 0.5) is 0 Å². The number of benzene rings is 2. The summed E-state index contributed by atoms with van der Waals surface area (Å²) in [4.78, 5) is 6.18. The third-order valence-corrected chi connectivity index (χ3v) is 4.21. The van der Waals surface area contributed by atoms with E-state index >= 15 is 0 Å². The molecule has 1 aliphatic rings. The van der Waals surface area contributed by atoms with Crippen LogP contribution in [0.5, 0.6) is 0 Å². The molecule has 2 aromatic rings. The molecule has 116 valence electrons. The van der Waals surface area contributed by atoms with Crippen LogP contribution in [0, 0.1) is 0 Å². The van der Waals surface area contributed by atoms with Crippen LogP contribution in [-0.2, 0) is 10.4 Å². The summed E-state index contributed by atoms with van der Waals surface area (Å²) in [7, 11) is 0. The van der Waals surface area contributed by atoms with Crippen LogP contribution < -0.4 is 0 Å². The van der Waals surface area contributed by atoms with Crippen LogP contribution in [-0.4, -0.2) is 22.3 Å². The molecule has 1 saturated heterocycles. The van der Waals surface area contributed by atoms with Crippen molar-refractivity contribution in [3.63, 3.8) is 0 Å². The normalized spacial score (nSPS) is 25.7. The number of hydrogen-bond donors (Lipinski definition) is 1. The minimum atomic E-state index is -0.712. The fraction of sp³-hybridized carbons (Fsp3) is 0.368. The van der Waals surface area contributed by atoms with Gasteiger partial charge in [-0.15, -0.1) is 0 Å². The molecular formula is C19H23NO2.